The lowest BCUT2D eigenvalue weighted by molar-refractivity contribution is -0.123. The van der Waals surface area contributed by atoms with Gasteiger partial charge in [-0.15, -0.1) is 0 Å². The molecule has 0 aliphatic heterocycles. The number of alkyl halides is 3. The first-order valence-electron chi connectivity index (χ1n) is 7.90. The van der Waals surface area contributed by atoms with Crippen molar-refractivity contribution in [3.63, 3.8) is 0 Å². The Kier molecular flexibility index (Phi) is 4.79. The second-order valence-electron chi connectivity index (χ2n) is 5.84. The maximum Gasteiger partial charge on any atom is 0.405 e. The number of benzene rings is 2. The fourth-order valence-electron chi connectivity index (χ4n) is 2.53. The van der Waals surface area contributed by atoms with Crippen molar-refractivity contribution in [3.8, 4) is 16.9 Å². The molecule has 0 bridgehead atoms. The fraction of sp³-hybridized carbons (Fsp3) is 0.158. The molecule has 0 spiro atoms. The highest BCUT2D eigenvalue weighted by Crippen LogP contribution is 2.25. The number of amides is 1. The number of hydrogen-bond acceptors (Lipinski definition) is 2. The smallest absolute Gasteiger partial charge is 0.343 e. The van der Waals surface area contributed by atoms with E-state index in [4.69, 9.17) is 0 Å². The molecule has 0 radical (unpaired) electrons. The van der Waals surface area contributed by atoms with Crippen LogP contribution >= 0.6 is 0 Å². The Bertz CT molecular complexity index is 917. The van der Waals surface area contributed by atoms with Crippen molar-refractivity contribution in [1.82, 2.24) is 15.1 Å². The van der Waals surface area contributed by atoms with E-state index in [0.717, 1.165) is 5.56 Å². The number of rotatable bonds is 4. The zero-order valence-electron chi connectivity index (χ0n) is 13.9. The summed E-state index contributed by atoms with van der Waals surface area (Å²) in [6.07, 6.45) is -3.03. The van der Waals surface area contributed by atoms with Gasteiger partial charge in [0.1, 0.15) is 12.2 Å². The van der Waals surface area contributed by atoms with Crippen LogP contribution in [0.3, 0.4) is 0 Å². The van der Waals surface area contributed by atoms with Crippen LogP contribution in [0.15, 0.2) is 60.8 Å². The third-order valence-electron chi connectivity index (χ3n) is 3.72. The molecular weight excluding hydrogens is 343 g/mol. The van der Waals surface area contributed by atoms with E-state index in [0.29, 0.717) is 16.9 Å². The van der Waals surface area contributed by atoms with Crippen molar-refractivity contribution < 1.29 is 18.0 Å². The van der Waals surface area contributed by atoms with E-state index in [1.54, 1.807) is 18.2 Å². The number of carbonyl (C=O) groups excluding carboxylic acids is 1. The van der Waals surface area contributed by atoms with Gasteiger partial charge < -0.3 is 5.32 Å². The van der Waals surface area contributed by atoms with E-state index < -0.39 is 18.6 Å². The quantitative estimate of drug-likeness (QED) is 0.761. The van der Waals surface area contributed by atoms with Crippen LogP contribution < -0.4 is 5.32 Å². The minimum absolute atomic E-state index is 0.0868. The van der Waals surface area contributed by atoms with Crippen LogP contribution in [0.25, 0.3) is 16.9 Å². The van der Waals surface area contributed by atoms with Crippen LogP contribution in [0.1, 0.15) is 15.9 Å². The van der Waals surface area contributed by atoms with Crippen molar-refractivity contribution in [2.75, 3.05) is 6.54 Å². The monoisotopic (exact) mass is 359 g/mol. The van der Waals surface area contributed by atoms with E-state index in [9.17, 15) is 18.0 Å². The molecular formula is C19H16F3N3O. The molecule has 1 N–H and O–H groups in total. The molecule has 0 saturated heterocycles. The second-order valence-corrected chi connectivity index (χ2v) is 5.84. The largest absolute Gasteiger partial charge is 0.405 e. The summed E-state index contributed by atoms with van der Waals surface area (Å²) in [6.45, 7) is 0.497. The average Bonchev–Trinajstić information content (AvgIpc) is 3.05. The van der Waals surface area contributed by atoms with Crippen molar-refractivity contribution in [3.05, 3.63) is 71.9 Å². The van der Waals surface area contributed by atoms with Crippen LogP contribution in [0, 0.1) is 6.92 Å². The molecule has 1 amide bonds. The summed E-state index contributed by atoms with van der Waals surface area (Å²) >= 11 is 0. The molecule has 4 nitrogen and oxygen atoms in total. The SMILES string of the molecule is Cc1cccc(-c2nn(-c3ccccc3)cc2C(=O)NCC(F)(F)F)c1. The molecule has 2 aromatic carbocycles. The maximum absolute atomic E-state index is 12.4. The first kappa shape index (κ1) is 17.7. The molecule has 26 heavy (non-hydrogen) atoms. The third-order valence-corrected chi connectivity index (χ3v) is 3.72. The van der Waals surface area contributed by atoms with E-state index in [1.165, 1.54) is 10.9 Å². The molecule has 3 rings (SSSR count). The highest BCUT2D eigenvalue weighted by molar-refractivity contribution is 6.00. The lowest BCUT2D eigenvalue weighted by Gasteiger charge is -2.08. The van der Waals surface area contributed by atoms with E-state index in [1.807, 2.05) is 48.6 Å². The maximum atomic E-state index is 12.4. The zero-order chi connectivity index (χ0) is 18.7. The third kappa shape index (κ3) is 4.11. The van der Waals surface area contributed by atoms with Crippen molar-refractivity contribution in [1.29, 1.82) is 0 Å². The Morgan fingerprint density at radius 3 is 2.50 bits per heavy atom. The van der Waals surface area contributed by atoms with E-state index in [2.05, 4.69) is 5.10 Å². The predicted molar refractivity (Wildman–Crippen MR) is 92.1 cm³/mol. The number of para-hydroxylation sites is 1. The Labute approximate surface area is 148 Å². The molecule has 7 heteroatoms. The van der Waals surface area contributed by atoms with Gasteiger partial charge in [-0.1, -0.05) is 42.0 Å². The molecule has 0 aliphatic rings. The van der Waals surface area contributed by atoms with Crippen LogP contribution in [-0.2, 0) is 0 Å². The number of aryl methyl sites for hydroxylation is 1. The summed E-state index contributed by atoms with van der Waals surface area (Å²) < 4.78 is 38.8. The number of nitrogens with one attached hydrogen (secondary N) is 1. The van der Waals surface area contributed by atoms with Gasteiger partial charge in [0, 0.05) is 11.8 Å². The molecule has 0 atom stereocenters. The standard InChI is InChI=1S/C19H16F3N3O/c1-13-6-5-7-14(10-13)17-16(18(26)23-12-19(20,21)22)11-25(24-17)15-8-3-2-4-9-15/h2-11H,12H2,1H3,(H,23,26). The molecule has 0 aliphatic carbocycles. The van der Waals surface area contributed by atoms with Crippen molar-refractivity contribution >= 4 is 5.91 Å². The van der Waals surface area contributed by atoms with Crippen LogP contribution in [-0.4, -0.2) is 28.4 Å². The zero-order valence-corrected chi connectivity index (χ0v) is 13.9. The summed E-state index contributed by atoms with van der Waals surface area (Å²) in [6, 6.07) is 16.4. The molecule has 134 valence electrons. The van der Waals surface area contributed by atoms with Gasteiger partial charge in [0.25, 0.3) is 5.91 Å². The van der Waals surface area contributed by atoms with Gasteiger partial charge in [0.05, 0.1) is 11.3 Å². The minimum Gasteiger partial charge on any atom is -0.343 e. The molecule has 3 aromatic rings. The number of nitrogens with zero attached hydrogens (tertiary/aromatic N) is 2. The normalized spacial score (nSPS) is 11.4. The van der Waals surface area contributed by atoms with Gasteiger partial charge in [0.2, 0.25) is 0 Å². The van der Waals surface area contributed by atoms with Crippen LogP contribution in [0.2, 0.25) is 0 Å². The van der Waals surface area contributed by atoms with Gasteiger partial charge in [-0.05, 0) is 25.1 Å². The molecule has 1 heterocycles. The van der Waals surface area contributed by atoms with Gasteiger partial charge >= 0.3 is 6.18 Å². The number of halogens is 3. The highest BCUT2D eigenvalue weighted by Gasteiger charge is 2.29. The summed E-state index contributed by atoms with van der Waals surface area (Å²) in [4.78, 5) is 12.4. The number of aromatic nitrogens is 2. The van der Waals surface area contributed by atoms with E-state index in [-0.39, 0.29) is 5.56 Å². The summed E-state index contributed by atoms with van der Waals surface area (Å²) in [5.41, 5.74) is 2.74. The highest BCUT2D eigenvalue weighted by atomic mass is 19.4. The van der Waals surface area contributed by atoms with Crippen molar-refractivity contribution in [2.24, 2.45) is 0 Å². The molecule has 0 saturated carbocycles. The fourth-order valence-corrected chi connectivity index (χ4v) is 2.53. The van der Waals surface area contributed by atoms with E-state index >= 15 is 0 Å². The number of carbonyl (C=O) groups is 1. The first-order chi connectivity index (χ1) is 12.3. The second kappa shape index (κ2) is 7.03. The Balaban J connectivity index is 2.03. The van der Waals surface area contributed by atoms with Crippen molar-refractivity contribution in [2.45, 2.75) is 13.1 Å². The summed E-state index contributed by atoms with van der Waals surface area (Å²) in [5.74, 6) is -0.819. The van der Waals surface area contributed by atoms with Crippen LogP contribution in [0.4, 0.5) is 13.2 Å². The van der Waals surface area contributed by atoms with Gasteiger partial charge in [-0.2, -0.15) is 18.3 Å². The number of hydrogen-bond donors (Lipinski definition) is 1. The average molecular weight is 359 g/mol. The summed E-state index contributed by atoms with van der Waals surface area (Å²) in [7, 11) is 0. The molecule has 0 unspecified atom stereocenters. The van der Waals surface area contributed by atoms with Gasteiger partial charge in [0.15, 0.2) is 0 Å². The Hall–Kier alpha value is -3.09. The van der Waals surface area contributed by atoms with Gasteiger partial charge in [-0.25, -0.2) is 4.68 Å². The Morgan fingerprint density at radius 1 is 1.12 bits per heavy atom. The van der Waals surface area contributed by atoms with Crippen LogP contribution in [0.5, 0.6) is 0 Å². The minimum atomic E-state index is -4.48. The lowest BCUT2D eigenvalue weighted by Crippen LogP contribution is -2.33. The lowest BCUT2D eigenvalue weighted by atomic mass is 10.1. The Morgan fingerprint density at radius 2 is 1.85 bits per heavy atom. The predicted octanol–water partition coefficient (Wildman–Crippen LogP) is 4.14. The molecule has 0 fully saturated rings. The van der Waals surface area contributed by atoms with Gasteiger partial charge in [-0.3, -0.25) is 4.79 Å². The first-order valence-corrected chi connectivity index (χ1v) is 7.90. The molecule has 1 aromatic heterocycles. The summed E-state index contributed by atoms with van der Waals surface area (Å²) in [5, 5.41) is 6.34. The topological polar surface area (TPSA) is 46.9 Å².